The Balaban J connectivity index is 2.14. The van der Waals surface area contributed by atoms with Gasteiger partial charge in [0.05, 0.1) is 24.1 Å². The first kappa shape index (κ1) is 22.9. The molecule has 1 aromatic carbocycles. The van der Waals surface area contributed by atoms with Gasteiger partial charge in [0.1, 0.15) is 11.5 Å². The molecular formula is C20H25ClN3O4S+. The van der Waals surface area contributed by atoms with Crippen LogP contribution in [-0.4, -0.2) is 45.0 Å². The van der Waals surface area contributed by atoms with Crippen molar-refractivity contribution in [3.63, 3.8) is 0 Å². The third-order valence-electron chi connectivity index (χ3n) is 4.19. The predicted molar refractivity (Wildman–Crippen MR) is 114 cm³/mol. The lowest BCUT2D eigenvalue weighted by atomic mass is 10.1. The number of carbonyl (C=O) groups is 3. The van der Waals surface area contributed by atoms with Gasteiger partial charge in [-0.25, -0.2) is 4.79 Å². The van der Waals surface area contributed by atoms with Gasteiger partial charge < -0.3 is 20.3 Å². The first-order valence-corrected chi connectivity index (χ1v) is 10.3. The second-order valence-electron chi connectivity index (χ2n) is 6.55. The summed E-state index contributed by atoms with van der Waals surface area (Å²) in [6.07, 6.45) is 0. The summed E-state index contributed by atoms with van der Waals surface area (Å²) in [6, 6.07) is 7.46. The highest BCUT2D eigenvalue weighted by Gasteiger charge is 2.26. The van der Waals surface area contributed by atoms with Gasteiger partial charge in [0, 0.05) is 17.6 Å². The topological polar surface area (TPSA) is 88.9 Å². The molecule has 2 amide bonds. The van der Waals surface area contributed by atoms with Gasteiger partial charge in [0.15, 0.2) is 6.54 Å². The standard InChI is InChI=1S/C20H24ClN3O4S/c1-5-28-20(27)16-12(2)17(18(26)22-3)29-19(16)23-15(25)11-24(4)10-13-6-8-14(21)9-7-13/h6-9H,5,10-11H2,1-4H3,(H,22,26)(H,23,25)/p+1. The maximum Gasteiger partial charge on any atom is 0.341 e. The number of hydrogen-bond donors (Lipinski definition) is 3. The van der Waals surface area contributed by atoms with E-state index < -0.39 is 5.97 Å². The zero-order chi connectivity index (χ0) is 21.6. The van der Waals surface area contributed by atoms with Gasteiger partial charge in [-0.15, -0.1) is 11.3 Å². The summed E-state index contributed by atoms with van der Waals surface area (Å²) in [4.78, 5) is 38.3. The highest BCUT2D eigenvalue weighted by molar-refractivity contribution is 7.18. The first-order valence-electron chi connectivity index (χ1n) is 9.15. The van der Waals surface area contributed by atoms with Gasteiger partial charge >= 0.3 is 5.97 Å². The molecule has 156 valence electrons. The molecule has 0 aliphatic carbocycles. The molecule has 7 nitrogen and oxygen atoms in total. The Morgan fingerprint density at radius 1 is 1.21 bits per heavy atom. The average Bonchev–Trinajstić information content (AvgIpc) is 2.98. The molecule has 0 bridgehead atoms. The number of likely N-dealkylation sites (N-methyl/N-ethyl adjacent to an activating group) is 1. The van der Waals surface area contributed by atoms with E-state index >= 15 is 0 Å². The summed E-state index contributed by atoms with van der Waals surface area (Å²) in [5.74, 6) is -1.13. The Morgan fingerprint density at radius 3 is 2.45 bits per heavy atom. The fraction of sp³-hybridized carbons (Fsp3) is 0.350. The van der Waals surface area contributed by atoms with E-state index in [0.29, 0.717) is 27.0 Å². The van der Waals surface area contributed by atoms with Gasteiger partial charge in [-0.1, -0.05) is 23.7 Å². The van der Waals surface area contributed by atoms with Crippen LogP contribution < -0.4 is 15.5 Å². The zero-order valence-corrected chi connectivity index (χ0v) is 18.4. The zero-order valence-electron chi connectivity index (χ0n) is 16.8. The number of anilines is 1. The third-order valence-corrected chi connectivity index (χ3v) is 5.65. The van der Waals surface area contributed by atoms with Crippen molar-refractivity contribution >= 4 is 45.7 Å². The van der Waals surface area contributed by atoms with Crippen molar-refractivity contribution in [2.24, 2.45) is 0 Å². The summed E-state index contributed by atoms with van der Waals surface area (Å²) in [7, 11) is 3.41. The minimum Gasteiger partial charge on any atom is -0.462 e. The maximum atomic E-state index is 12.6. The van der Waals surface area contributed by atoms with E-state index in [-0.39, 0.29) is 30.5 Å². The minimum atomic E-state index is -0.562. The molecule has 1 aromatic heterocycles. The monoisotopic (exact) mass is 438 g/mol. The lowest BCUT2D eigenvalue weighted by molar-refractivity contribution is -0.885. The van der Waals surface area contributed by atoms with Crippen molar-refractivity contribution < 1.29 is 24.0 Å². The number of ether oxygens (including phenoxy) is 1. The van der Waals surface area contributed by atoms with Crippen molar-refractivity contribution in [3.8, 4) is 0 Å². The fourth-order valence-corrected chi connectivity index (χ4v) is 4.12. The summed E-state index contributed by atoms with van der Waals surface area (Å²) in [6.45, 7) is 4.40. The fourth-order valence-electron chi connectivity index (χ4n) is 2.84. The molecule has 0 radical (unpaired) electrons. The van der Waals surface area contributed by atoms with E-state index in [1.54, 1.807) is 13.8 Å². The summed E-state index contributed by atoms with van der Waals surface area (Å²) < 4.78 is 5.10. The van der Waals surface area contributed by atoms with Crippen LogP contribution in [0.2, 0.25) is 5.02 Å². The second kappa shape index (κ2) is 10.4. The molecule has 0 saturated heterocycles. The molecule has 0 spiro atoms. The molecule has 1 unspecified atom stereocenters. The van der Waals surface area contributed by atoms with Gasteiger partial charge in [0.25, 0.3) is 11.8 Å². The van der Waals surface area contributed by atoms with Crippen LogP contribution in [0.4, 0.5) is 5.00 Å². The van der Waals surface area contributed by atoms with Crippen molar-refractivity contribution in [2.45, 2.75) is 20.4 Å². The molecule has 9 heteroatoms. The Kier molecular flexibility index (Phi) is 8.19. The molecule has 0 saturated carbocycles. The van der Waals surface area contributed by atoms with Crippen LogP contribution in [0.3, 0.4) is 0 Å². The molecular weight excluding hydrogens is 414 g/mol. The number of rotatable bonds is 8. The lowest BCUT2D eigenvalue weighted by Crippen LogP contribution is -3.08. The smallest absolute Gasteiger partial charge is 0.341 e. The van der Waals surface area contributed by atoms with Crippen LogP contribution >= 0.6 is 22.9 Å². The number of amides is 2. The molecule has 3 N–H and O–H groups in total. The number of thiophene rings is 1. The molecule has 29 heavy (non-hydrogen) atoms. The van der Waals surface area contributed by atoms with Gasteiger partial charge in [0.2, 0.25) is 0 Å². The lowest BCUT2D eigenvalue weighted by Gasteiger charge is -2.14. The van der Waals surface area contributed by atoms with E-state index in [4.69, 9.17) is 16.3 Å². The van der Waals surface area contributed by atoms with Crippen molar-refractivity contribution in [1.82, 2.24) is 5.32 Å². The second-order valence-corrected chi connectivity index (χ2v) is 8.00. The molecule has 2 rings (SSSR count). The number of carbonyl (C=O) groups excluding carboxylic acids is 3. The largest absolute Gasteiger partial charge is 0.462 e. The highest BCUT2D eigenvalue weighted by atomic mass is 35.5. The van der Waals surface area contributed by atoms with Crippen LogP contribution in [0.25, 0.3) is 0 Å². The number of nitrogens with one attached hydrogen (secondary N) is 3. The normalized spacial score (nSPS) is 11.6. The van der Waals surface area contributed by atoms with Crippen LogP contribution in [0.15, 0.2) is 24.3 Å². The number of hydrogen-bond acceptors (Lipinski definition) is 5. The Hall–Kier alpha value is -2.42. The highest BCUT2D eigenvalue weighted by Crippen LogP contribution is 2.33. The number of halogens is 1. The van der Waals surface area contributed by atoms with E-state index in [0.717, 1.165) is 21.8 Å². The maximum absolute atomic E-state index is 12.6. The number of benzene rings is 1. The van der Waals surface area contributed by atoms with Gasteiger partial charge in [-0.2, -0.15) is 0 Å². The Morgan fingerprint density at radius 2 is 1.86 bits per heavy atom. The Bertz CT molecular complexity index is 896. The molecule has 0 fully saturated rings. The van der Waals surface area contributed by atoms with Crippen LogP contribution in [0.5, 0.6) is 0 Å². The van der Waals surface area contributed by atoms with Crippen LogP contribution in [0.1, 0.15) is 38.1 Å². The predicted octanol–water partition coefficient (Wildman–Crippen LogP) is 1.90. The van der Waals surface area contributed by atoms with Crippen molar-refractivity contribution in [3.05, 3.63) is 50.9 Å². The van der Waals surface area contributed by atoms with Crippen LogP contribution in [0, 0.1) is 6.92 Å². The Labute approximate surface area is 179 Å². The van der Waals surface area contributed by atoms with Gasteiger partial charge in [-0.3, -0.25) is 9.59 Å². The van der Waals surface area contributed by atoms with E-state index in [2.05, 4.69) is 10.6 Å². The summed E-state index contributed by atoms with van der Waals surface area (Å²) in [5, 5.41) is 6.30. The summed E-state index contributed by atoms with van der Waals surface area (Å²) in [5.41, 5.74) is 1.77. The number of quaternary nitrogens is 1. The average molecular weight is 439 g/mol. The van der Waals surface area contributed by atoms with E-state index in [9.17, 15) is 14.4 Å². The van der Waals surface area contributed by atoms with Gasteiger partial charge in [-0.05, 0) is 31.5 Å². The number of esters is 1. The van der Waals surface area contributed by atoms with Crippen molar-refractivity contribution in [2.75, 3.05) is 32.6 Å². The molecule has 0 aliphatic heterocycles. The molecule has 1 heterocycles. The molecule has 2 aromatic rings. The quantitative estimate of drug-likeness (QED) is 0.549. The molecule has 1 atom stereocenters. The van der Waals surface area contributed by atoms with Crippen molar-refractivity contribution in [1.29, 1.82) is 0 Å². The van der Waals surface area contributed by atoms with Crippen LogP contribution in [-0.2, 0) is 16.1 Å². The first-order chi connectivity index (χ1) is 13.8. The minimum absolute atomic E-state index is 0.192. The molecule has 0 aliphatic rings. The third kappa shape index (κ3) is 6.03. The SMILES string of the molecule is CCOC(=O)c1c(NC(=O)C[NH+](C)Cc2ccc(Cl)cc2)sc(C(=O)NC)c1C. The van der Waals surface area contributed by atoms with E-state index in [1.165, 1.54) is 7.05 Å². The summed E-state index contributed by atoms with van der Waals surface area (Å²) >= 11 is 6.96. The van der Waals surface area contributed by atoms with E-state index in [1.807, 2.05) is 31.3 Å².